The molecule has 0 radical (unpaired) electrons. The zero-order chi connectivity index (χ0) is 43.5. The fraction of sp³-hybridized carbons (Fsp3) is 0.400. The molecule has 1 saturated carbocycles. The lowest BCUT2D eigenvalue weighted by molar-refractivity contribution is -0.138. The maximum atomic E-state index is 14.3. The number of nitrogens with one attached hydrogen (secondary N) is 2. The van der Waals surface area contributed by atoms with Crippen molar-refractivity contribution in [3.63, 3.8) is 0 Å². The molecular formula is C45H49ClF2N8O6. The third-order valence-corrected chi connectivity index (χ3v) is 12.4. The van der Waals surface area contributed by atoms with Crippen LogP contribution in [-0.2, 0) is 22.6 Å². The van der Waals surface area contributed by atoms with Crippen LogP contribution >= 0.6 is 11.6 Å². The van der Waals surface area contributed by atoms with Gasteiger partial charge in [0.1, 0.15) is 17.0 Å². The number of fused-ring (bicyclic) bond motifs is 2. The number of ether oxygens (including phenoxy) is 3. The minimum absolute atomic E-state index is 0.0949. The van der Waals surface area contributed by atoms with Gasteiger partial charge in [-0.15, -0.1) is 0 Å². The van der Waals surface area contributed by atoms with Gasteiger partial charge in [-0.1, -0.05) is 35.9 Å². The molecule has 2 fully saturated rings. The fourth-order valence-corrected chi connectivity index (χ4v) is 9.00. The van der Waals surface area contributed by atoms with Crippen molar-refractivity contribution in [2.24, 2.45) is 5.92 Å². The number of carboxylic acid groups (broad SMARTS) is 1. The van der Waals surface area contributed by atoms with E-state index in [1.807, 2.05) is 49.5 Å². The lowest BCUT2D eigenvalue weighted by Crippen LogP contribution is -2.46. The van der Waals surface area contributed by atoms with Crippen molar-refractivity contribution >= 4 is 51.0 Å². The van der Waals surface area contributed by atoms with Crippen LogP contribution in [0.1, 0.15) is 61.9 Å². The standard InChI is InChI=1S/C45H49ClF2N8O6/c1-55(27-12-10-25(11-13-27)17-40(58)59)23-26-16-35-42(50-20-26)44(54-45(53-35)43(47)48)52-34-8-4-7-30(41(34)46)29-6-5-9-36-31(29)22-51-56(36)28-18-38(60-2)32(39(19-28)61-3)21-49-33-14-15-62-24-37(33)57/h4-9,16,18-20,22,25,27,33,37,43,49,57H,10-15,17,21,23-24H2,1-3H3,(H,58,59)(H,52,53,54)/t25?,27?,33-,37+/m1/s1. The Kier molecular flexibility index (Phi) is 13.1. The Morgan fingerprint density at radius 3 is 2.47 bits per heavy atom. The maximum Gasteiger partial charge on any atom is 0.303 e. The second-order valence-corrected chi connectivity index (χ2v) is 16.3. The van der Waals surface area contributed by atoms with E-state index in [1.54, 1.807) is 43.4 Å². The van der Waals surface area contributed by atoms with Crippen molar-refractivity contribution in [3.05, 3.63) is 89.0 Å². The van der Waals surface area contributed by atoms with E-state index in [0.29, 0.717) is 65.1 Å². The zero-order valence-electron chi connectivity index (χ0n) is 34.7. The van der Waals surface area contributed by atoms with Crippen LogP contribution in [0.2, 0.25) is 5.02 Å². The van der Waals surface area contributed by atoms with Crippen molar-refractivity contribution < 1.29 is 38.0 Å². The molecule has 3 aromatic carbocycles. The first-order valence-electron chi connectivity index (χ1n) is 20.6. The summed E-state index contributed by atoms with van der Waals surface area (Å²) in [6.07, 6.45) is 4.28. The first kappa shape index (κ1) is 43.1. The van der Waals surface area contributed by atoms with E-state index >= 15 is 0 Å². The monoisotopic (exact) mass is 870 g/mol. The topological polar surface area (TPSA) is 169 Å². The smallest absolute Gasteiger partial charge is 0.303 e. The molecule has 326 valence electrons. The summed E-state index contributed by atoms with van der Waals surface area (Å²) in [4.78, 5) is 26.4. The molecule has 0 unspecified atom stereocenters. The number of rotatable bonds is 15. The number of alkyl halides is 2. The summed E-state index contributed by atoms with van der Waals surface area (Å²) in [6.45, 7) is 1.79. The van der Waals surface area contributed by atoms with Gasteiger partial charge in [-0.3, -0.25) is 14.7 Å². The number of carbonyl (C=O) groups is 1. The second-order valence-electron chi connectivity index (χ2n) is 16.0. The van der Waals surface area contributed by atoms with Gasteiger partial charge in [0.25, 0.3) is 6.43 Å². The summed E-state index contributed by atoms with van der Waals surface area (Å²) in [6, 6.07) is 16.9. The number of aliphatic carboxylic acids is 1. The molecule has 8 rings (SSSR count). The van der Waals surface area contributed by atoms with Gasteiger partial charge in [0.2, 0.25) is 0 Å². The number of halogens is 3. The van der Waals surface area contributed by atoms with Crippen LogP contribution in [0, 0.1) is 5.92 Å². The number of pyridine rings is 1. The number of aliphatic hydroxyl groups excluding tert-OH is 1. The van der Waals surface area contributed by atoms with E-state index in [1.165, 1.54) is 0 Å². The largest absolute Gasteiger partial charge is 0.496 e. The molecule has 4 heterocycles. The van der Waals surface area contributed by atoms with Crippen LogP contribution in [-0.4, -0.2) is 98.5 Å². The van der Waals surface area contributed by atoms with Crippen molar-refractivity contribution in [1.82, 2.24) is 34.9 Å². The minimum Gasteiger partial charge on any atom is -0.496 e. The highest BCUT2D eigenvalue weighted by Crippen LogP contribution is 2.41. The Bertz CT molecular complexity index is 2550. The van der Waals surface area contributed by atoms with E-state index in [4.69, 9.17) is 30.9 Å². The molecule has 0 spiro atoms. The van der Waals surface area contributed by atoms with Gasteiger partial charge in [-0.05, 0) is 74.4 Å². The molecule has 2 atom stereocenters. The van der Waals surface area contributed by atoms with Crippen LogP contribution in [0.4, 0.5) is 20.3 Å². The van der Waals surface area contributed by atoms with Gasteiger partial charge >= 0.3 is 5.97 Å². The van der Waals surface area contributed by atoms with Crippen LogP contribution in [0.25, 0.3) is 38.8 Å². The highest BCUT2D eigenvalue weighted by molar-refractivity contribution is 6.36. The van der Waals surface area contributed by atoms with Crippen molar-refractivity contribution in [2.45, 2.75) is 76.2 Å². The van der Waals surface area contributed by atoms with E-state index in [9.17, 15) is 23.8 Å². The average Bonchev–Trinajstić information content (AvgIpc) is 3.71. The molecular weight excluding hydrogens is 822 g/mol. The lowest BCUT2D eigenvalue weighted by atomic mass is 9.83. The van der Waals surface area contributed by atoms with Gasteiger partial charge in [0.05, 0.1) is 66.1 Å². The van der Waals surface area contributed by atoms with Crippen molar-refractivity contribution in [1.29, 1.82) is 0 Å². The fourth-order valence-electron chi connectivity index (χ4n) is 8.72. The molecule has 17 heteroatoms. The number of carboxylic acids is 1. The Balaban J connectivity index is 1.05. The SMILES string of the molecule is COc1cc(-n2ncc3c(-c4cccc(Nc5nc(C(F)F)nc6cc(CN(C)C7CCC(CC(=O)O)CC7)cnc56)c4Cl)cccc32)cc(OC)c1CN[C@@H]1CCOC[C@@H]1O. The minimum atomic E-state index is -2.93. The zero-order valence-corrected chi connectivity index (χ0v) is 35.4. The van der Waals surface area contributed by atoms with Gasteiger partial charge in [-0.25, -0.2) is 23.4 Å². The Labute approximate surface area is 362 Å². The van der Waals surface area contributed by atoms with E-state index in [2.05, 4.69) is 30.5 Å². The summed E-state index contributed by atoms with van der Waals surface area (Å²) in [5.74, 6) is 0.0694. The van der Waals surface area contributed by atoms with E-state index < -0.39 is 24.3 Å². The van der Waals surface area contributed by atoms with Crippen LogP contribution in [0.5, 0.6) is 11.5 Å². The molecule has 14 nitrogen and oxygen atoms in total. The van der Waals surface area contributed by atoms with Gasteiger partial charge in [0, 0.05) is 67.5 Å². The van der Waals surface area contributed by atoms with E-state index in [-0.39, 0.29) is 42.4 Å². The third kappa shape index (κ3) is 9.15. The van der Waals surface area contributed by atoms with Gasteiger partial charge in [0.15, 0.2) is 11.6 Å². The normalized spacial score (nSPS) is 19.4. The number of hydrogen-bond acceptors (Lipinski definition) is 12. The summed E-state index contributed by atoms with van der Waals surface area (Å²) in [5, 5.41) is 32.1. The summed E-state index contributed by atoms with van der Waals surface area (Å²) in [5.41, 5.74) is 5.59. The molecule has 1 saturated heterocycles. The summed E-state index contributed by atoms with van der Waals surface area (Å²) in [7, 11) is 5.21. The predicted octanol–water partition coefficient (Wildman–Crippen LogP) is 8.09. The molecule has 0 amide bonds. The molecule has 6 aromatic rings. The summed E-state index contributed by atoms with van der Waals surface area (Å²) >= 11 is 7.15. The Morgan fingerprint density at radius 2 is 1.76 bits per heavy atom. The number of nitrogens with zero attached hydrogens (tertiary/aromatic N) is 6. The number of aromatic nitrogens is 5. The third-order valence-electron chi connectivity index (χ3n) is 12.0. The van der Waals surface area contributed by atoms with Crippen molar-refractivity contribution in [3.8, 4) is 28.3 Å². The summed E-state index contributed by atoms with van der Waals surface area (Å²) < 4.78 is 47.4. The quantitative estimate of drug-likeness (QED) is 0.0782. The average molecular weight is 871 g/mol. The predicted molar refractivity (Wildman–Crippen MR) is 232 cm³/mol. The number of benzene rings is 3. The Hall–Kier alpha value is -5.52. The number of aliphatic hydroxyl groups is 1. The van der Waals surface area contributed by atoms with Crippen LogP contribution in [0.3, 0.4) is 0 Å². The second kappa shape index (κ2) is 18.8. The van der Waals surface area contributed by atoms with Gasteiger partial charge < -0.3 is 35.1 Å². The van der Waals surface area contributed by atoms with Gasteiger partial charge in [-0.2, -0.15) is 5.10 Å². The highest BCUT2D eigenvalue weighted by atomic mass is 35.5. The number of hydrogen-bond donors (Lipinski definition) is 4. The molecule has 2 aliphatic rings. The van der Waals surface area contributed by atoms with Crippen LogP contribution in [0.15, 0.2) is 67.0 Å². The molecule has 0 bridgehead atoms. The molecule has 1 aliphatic heterocycles. The molecule has 1 aliphatic carbocycles. The number of anilines is 2. The van der Waals surface area contributed by atoms with Crippen molar-refractivity contribution in [2.75, 3.05) is 39.8 Å². The first-order chi connectivity index (χ1) is 30.0. The first-order valence-corrected chi connectivity index (χ1v) is 21.0. The maximum absolute atomic E-state index is 14.3. The number of methoxy groups -OCH3 is 2. The molecule has 62 heavy (non-hydrogen) atoms. The molecule has 4 N–H and O–H groups in total. The lowest BCUT2D eigenvalue weighted by Gasteiger charge is -2.34. The highest BCUT2D eigenvalue weighted by Gasteiger charge is 2.27. The Morgan fingerprint density at radius 1 is 1.02 bits per heavy atom. The van der Waals surface area contributed by atoms with E-state index in [0.717, 1.165) is 53.3 Å². The molecule has 3 aromatic heterocycles. The van der Waals surface area contributed by atoms with Crippen LogP contribution < -0.4 is 20.1 Å².